The second-order valence-electron chi connectivity index (χ2n) is 3.41. The molecule has 1 aromatic rings. The van der Waals surface area contributed by atoms with Crippen LogP contribution in [0.2, 0.25) is 0 Å². The molecule has 0 saturated heterocycles. The molecule has 0 aliphatic carbocycles. The van der Waals surface area contributed by atoms with Crippen molar-refractivity contribution in [2.75, 3.05) is 18.4 Å². The highest BCUT2D eigenvalue weighted by Gasteiger charge is 2.12. The van der Waals surface area contributed by atoms with Crippen molar-refractivity contribution >= 4 is 11.6 Å². The average molecular weight is 190 g/mol. The number of carbonyl (C=O) groups is 1. The summed E-state index contributed by atoms with van der Waals surface area (Å²) in [5, 5.41) is 6.06. The molecule has 3 heteroatoms. The largest absolute Gasteiger partial charge is 0.384 e. The highest BCUT2D eigenvalue weighted by molar-refractivity contribution is 5.95. The molecule has 1 aliphatic rings. The molecule has 0 radical (unpaired) electrons. The fourth-order valence-corrected chi connectivity index (χ4v) is 1.71. The molecule has 1 aromatic carbocycles. The Hall–Kier alpha value is -1.51. The third-order valence-electron chi connectivity index (χ3n) is 2.41. The molecule has 0 atom stereocenters. The first kappa shape index (κ1) is 9.06. The maximum atomic E-state index is 11.5. The van der Waals surface area contributed by atoms with Crippen LogP contribution in [-0.4, -0.2) is 19.0 Å². The number of rotatable bonds is 2. The molecule has 0 aromatic heterocycles. The van der Waals surface area contributed by atoms with Crippen molar-refractivity contribution in [2.24, 2.45) is 0 Å². The van der Waals surface area contributed by atoms with Gasteiger partial charge in [-0.25, -0.2) is 0 Å². The van der Waals surface area contributed by atoms with E-state index in [0.717, 1.165) is 24.2 Å². The minimum atomic E-state index is 0.0159. The summed E-state index contributed by atoms with van der Waals surface area (Å²) in [7, 11) is 0. The van der Waals surface area contributed by atoms with E-state index in [2.05, 4.69) is 10.6 Å². The third-order valence-corrected chi connectivity index (χ3v) is 2.41. The summed E-state index contributed by atoms with van der Waals surface area (Å²) in [6.45, 7) is 3.58. The molecule has 0 fully saturated rings. The standard InChI is InChI=1S/C11H14N2O/c1-2-12-11(14)9-3-4-10-8(7-9)5-6-13-10/h3-4,7,13H,2,5-6H2,1H3,(H,12,14). The summed E-state index contributed by atoms with van der Waals surface area (Å²) in [6, 6.07) is 5.81. The molecule has 2 rings (SSSR count). The molecular weight excluding hydrogens is 176 g/mol. The second-order valence-corrected chi connectivity index (χ2v) is 3.41. The molecule has 1 heterocycles. The van der Waals surface area contributed by atoms with Gasteiger partial charge in [0.2, 0.25) is 0 Å². The smallest absolute Gasteiger partial charge is 0.251 e. The summed E-state index contributed by atoms with van der Waals surface area (Å²) in [5.74, 6) is 0.0159. The molecule has 3 nitrogen and oxygen atoms in total. The Kier molecular flexibility index (Phi) is 2.39. The second kappa shape index (κ2) is 3.70. The van der Waals surface area contributed by atoms with Crippen molar-refractivity contribution in [3.63, 3.8) is 0 Å². The number of carbonyl (C=O) groups excluding carboxylic acids is 1. The molecular formula is C11H14N2O. The van der Waals surface area contributed by atoms with Gasteiger partial charge in [-0.1, -0.05) is 0 Å². The SMILES string of the molecule is CCNC(=O)c1ccc2c(c1)CCN2. The average Bonchev–Trinajstić information content (AvgIpc) is 2.64. The summed E-state index contributed by atoms with van der Waals surface area (Å²) in [6.07, 6.45) is 1.02. The van der Waals surface area contributed by atoms with Crippen molar-refractivity contribution in [3.05, 3.63) is 29.3 Å². The van der Waals surface area contributed by atoms with E-state index in [1.807, 2.05) is 25.1 Å². The Bertz CT molecular complexity index is 360. The normalized spacial score (nSPS) is 13.2. The van der Waals surface area contributed by atoms with Crippen molar-refractivity contribution in [2.45, 2.75) is 13.3 Å². The van der Waals surface area contributed by atoms with Gasteiger partial charge in [-0.05, 0) is 37.1 Å². The van der Waals surface area contributed by atoms with E-state index in [9.17, 15) is 4.79 Å². The molecule has 74 valence electrons. The highest BCUT2D eigenvalue weighted by atomic mass is 16.1. The van der Waals surface area contributed by atoms with Gasteiger partial charge in [0.25, 0.3) is 5.91 Å². The Balaban J connectivity index is 2.24. The zero-order chi connectivity index (χ0) is 9.97. The Morgan fingerprint density at radius 2 is 2.43 bits per heavy atom. The lowest BCUT2D eigenvalue weighted by Gasteiger charge is -2.04. The van der Waals surface area contributed by atoms with Crippen LogP contribution in [0.25, 0.3) is 0 Å². The minimum Gasteiger partial charge on any atom is -0.384 e. The number of fused-ring (bicyclic) bond motifs is 1. The number of nitrogens with one attached hydrogen (secondary N) is 2. The molecule has 0 bridgehead atoms. The summed E-state index contributed by atoms with van der Waals surface area (Å²) in [4.78, 5) is 11.5. The highest BCUT2D eigenvalue weighted by Crippen LogP contribution is 2.22. The zero-order valence-electron chi connectivity index (χ0n) is 8.26. The van der Waals surface area contributed by atoms with Gasteiger partial charge in [-0.15, -0.1) is 0 Å². The van der Waals surface area contributed by atoms with E-state index in [-0.39, 0.29) is 5.91 Å². The Morgan fingerprint density at radius 1 is 1.57 bits per heavy atom. The van der Waals surface area contributed by atoms with Crippen LogP contribution < -0.4 is 10.6 Å². The molecule has 2 N–H and O–H groups in total. The topological polar surface area (TPSA) is 41.1 Å². The number of anilines is 1. The van der Waals surface area contributed by atoms with Crippen LogP contribution in [0.1, 0.15) is 22.8 Å². The fourth-order valence-electron chi connectivity index (χ4n) is 1.71. The monoisotopic (exact) mass is 190 g/mol. The molecule has 1 amide bonds. The molecule has 14 heavy (non-hydrogen) atoms. The first-order valence-electron chi connectivity index (χ1n) is 4.96. The van der Waals surface area contributed by atoms with Gasteiger partial charge in [0.15, 0.2) is 0 Å². The first-order valence-corrected chi connectivity index (χ1v) is 4.96. The van der Waals surface area contributed by atoms with Gasteiger partial charge in [0.1, 0.15) is 0 Å². The lowest BCUT2D eigenvalue weighted by Crippen LogP contribution is -2.22. The van der Waals surface area contributed by atoms with Gasteiger partial charge in [0, 0.05) is 24.3 Å². The summed E-state index contributed by atoms with van der Waals surface area (Å²) in [5.41, 5.74) is 3.17. The van der Waals surface area contributed by atoms with Crippen molar-refractivity contribution < 1.29 is 4.79 Å². The number of hydrogen-bond donors (Lipinski definition) is 2. The van der Waals surface area contributed by atoms with Gasteiger partial charge in [-0.2, -0.15) is 0 Å². The van der Waals surface area contributed by atoms with E-state index < -0.39 is 0 Å². The van der Waals surface area contributed by atoms with Crippen LogP contribution in [0.5, 0.6) is 0 Å². The summed E-state index contributed by atoms with van der Waals surface area (Å²) < 4.78 is 0. The molecule has 0 unspecified atom stereocenters. The van der Waals surface area contributed by atoms with Gasteiger partial charge >= 0.3 is 0 Å². The van der Waals surface area contributed by atoms with Crippen LogP contribution in [0.15, 0.2) is 18.2 Å². The van der Waals surface area contributed by atoms with E-state index in [4.69, 9.17) is 0 Å². The Morgan fingerprint density at radius 3 is 3.21 bits per heavy atom. The van der Waals surface area contributed by atoms with E-state index in [1.54, 1.807) is 0 Å². The Labute approximate surface area is 83.5 Å². The van der Waals surface area contributed by atoms with Gasteiger partial charge in [0.05, 0.1) is 0 Å². The first-order chi connectivity index (χ1) is 6.81. The van der Waals surface area contributed by atoms with Gasteiger partial charge < -0.3 is 10.6 Å². The van der Waals surface area contributed by atoms with Crippen LogP contribution in [0.3, 0.4) is 0 Å². The van der Waals surface area contributed by atoms with Crippen LogP contribution >= 0.6 is 0 Å². The summed E-state index contributed by atoms with van der Waals surface area (Å²) >= 11 is 0. The lowest BCUT2D eigenvalue weighted by molar-refractivity contribution is 0.0956. The van der Waals surface area contributed by atoms with E-state index >= 15 is 0 Å². The molecule has 1 aliphatic heterocycles. The van der Waals surface area contributed by atoms with Crippen molar-refractivity contribution in [1.29, 1.82) is 0 Å². The number of hydrogen-bond acceptors (Lipinski definition) is 2. The maximum Gasteiger partial charge on any atom is 0.251 e. The van der Waals surface area contributed by atoms with Crippen molar-refractivity contribution in [3.8, 4) is 0 Å². The van der Waals surface area contributed by atoms with Gasteiger partial charge in [-0.3, -0.25) is 4.79 Å². The third kappa shape index (κ3) is 1.58. The van der Waals surface area contributed by atoms with Crippen LogP contribution in [-0.2, 0) is 6.42 Å². The number of benzene rings is 1. The molecule has 0 saturated carbocycles. The zero-order valence-corrected chi connectivity index (χ0v) is 8.26. The van der Waals surface area contributed by atoms with Crippen LogP contribution in [0, 0.1) is 0 Å². The maximum absolute atomic E-state index is 11.5. The van der Waals surface area contributed by atoms with E-state index in [0.29, 0.717) is 6.54 Å². The quantitative estimate of drug-likeness (QED) is 0.740. The predicted molar refractivity (Wildman–Crippen MR) is 56.6 cm³/mol. The van der Waals surface area contributed by atoms with E-state index in [1.165, 1.54) is 5.56 Å². The van der Waals surface area contributed by atoms with Crippen molar-refractivity contribution in [1.82, 2.24) is 5.32 Å². The minimum absolute atomic E-state index is 0.0159. The fraction of sp³-hybridized carbons (Fsp3) is 0.364. The van der Waals surface area contributed by atoms with Crippen LogP contribution in [0.4, 0.5) is 5.69 Å². The molecule has 0 spiro atoms. The number of amides is 1. The lowest BCUT2D eigenvalue weighted by atomic mass is 10.1. The predicted octanol–water partition coefficient (Wildman–Crippen LogP) is 1.40.